The molecule has 0 aliphatic carbocycles. The van der Waals surface area contributed by atoms with Crippen molar-refractivity contribution in [3.05, 3.63) is 76.4 Å². The highest BCUT2D eigenvalue weighted by Crippen LogP contribution is 2.28. The average molecular weight is 391 g/mol. The molecule has 3 aromatic rings. The van der Waals surface area contributed by atoms with E-state index in [1.807, 2.05) is 13.0 Å². The van der Waals surface area contributed by atoms with Gasteiger partial charge in [0.1, 0.15) is 11.6 Å². The Hall–Kier alpha value is -3.27. The Morgan fingerprint density at radius 2 is 1.71 bits per heavy atom. The summed E-state index contributed by atoms with van der Waals surface area (Å²) in [4.78, 5) is 4.15. The second-order valence-corrected chi connectivity index (χ2v) is 5.99. The quantitative estimate of drug-likeness (QED) is 0.383. The standard InChI is InChI=1S/C21H11F6N/c1-12-2-4-15(28-11-12)5-3-13-8-14-10-17(22)16(6-7-21(25,26)27)20(24)19(14)18(23)9-13/h2-5,8-11H,1H3/b5-3+. The van der Waals surface area contributed by atoms with Gasteiger partial charge in [-0.3, -0.25) is 4.98 Å². The maximum absolute atomic E-state index is 14.4. The van der Waals surface area contributed by atoms with Crippen molar-refractivity contribution in [2.24, 2.45) is 0 Å². The van der Waals surface area contributed by atoms with Crippen LogP contribution in [-0.2, 0) is 0 Å². The number of pyridine rings is 1. The molecule has 0 aliphatic heterocycles. The number of aryl methyl sites for hydroxylation is 1. The molecule has 142 valence electrons. The first kappa shape index (κ1) is 19.5. The molecule has 0 unspecified atom stereocenters. The van der Waals surface area contributed by atoms with E-state index in [4.69, 9.17) is 0 Å². The summed E-state index contributed by atoms with van der Waals surface area (Å²) in [6.07, 6.45) is -0.177. The number of fused-ring (bicyclic) bond motifs is 1. The summed E-state index contributed by atoms with van der Waals surface area (Å²) in [5, 5.41) is -0.762. The summed E-state index contributed by atoms with van der Waals surface area (Å²) in [6, 6.07) is 6.64. The Morgan fingerprint density at radius 1 is 0.964 bits per heavy atom. The Balaban J connectivity index is 2.06. The first-order valence-corrected chi connectivity index (χ1v) is 7.96. The molecule has 3 rings (SSSR count). The highest BCUT2D eigenvalue weighted by atomic mass is 19.4. The van der Waals surface area contributed by atoms with Crippen molar-refractivity contribution in [2.45, 2.75) is 13.1 Å². The molecule has 0 fully saturated rings. The molecule has 0 N–H and O–H groups in total. The number of aromatic nitrogens is 1. The molecule has 0 spiro atoms. The maximum atomic E-state index is 14.4. The van der Waals surface area contributed by atoms with Gasteiger partial charge in [-0.05, 0) is 53.8 Å². The van der Waals surface area contributed by atoms with Crippen LogP contribution in [0.4, 0.5) is 26.3 Å². The molecule has 0 atom stereocenters. The summed E-state index contributed by atoms with van der Waals surface area (Å²) < 4.78 is 79.4. The van der Waals surface area contributed by atoms with Crippen LogP contribution >= 0.6 is 0 Å². The van der Waals surface area contributed by atoms with Crippen molar-refractivity contribution in [2.75, 3.05) is 0 Å². The van der Waals surface area contributed by atoms with Crippen LogP contribution in [0.1, 0.15) is 22.4 Å². The molecule has 2 aromatic carbocycles. The molecule has 0 amide bonds. The van der Waals surface area contributed by atoms with Gasteiger partial charge in [-0.1, -0.05) is 18.1 Å². The van der Waals surface area contributed by atoms with Crippen LogP contribution in [0, 0.1) is 36.2 Å². The lowest BCUT2D eigenvalue weighted by atomic mass is 10.0. The maximum Gasteiger partial charge on any atom is 0.458 e. The monoisotopic (exact) mass is 391 g/mol. The fourth-order valence-electron chi connectivity index (χ4n) is 2.54. The minimum atomic E-state index is -4.93. The molecule has 1 aromatic heterocycles. The van der Waals surface area contributed by atoms with Crippen LogP contribution in [0.5, 0.6) is 0 Å². The molecule has 1 heterocycles. The normalized spacial score (nSPS) is 11.7. The van der Waals surface area contributed by atoms with Crippen LogP contribution in [0.15, 0.2) is 36.5 Å². The Kier molecular flexibility index (Phi) is 5.14. The van der Waals surface area contributed by atoms with E-state index in [9.17, 15) is 26.3 Å². The third-order valence-corrected chi connectivity index (χ3v) is 3.81. The second-order valence-electron chi connectivity index (χ2n) is 5.99. The second kappa shape index (κ2) is 7.39. The van der Waals surface area contributed by atoms with Crippen LogP contribution in [0.3, 0.4) is 0 Å². The van der Waals surface area contributed by atoms with Gasteiger partial charge in [0.25, 0.3) is 0 Å². The van der Waals surface area contributed by atoms with Gasteiger partial charge in [0.05, 0.1) is 16.6 Å². The Morgan fingerprint density at radius 3 is 2.36 bits per heavy atom. The molecule has 0 bridgehead atoms. The van der Waals surface area contributed by atoms with Gasteiger partial charge >= 0.3 is 6.18 Å². The predicted molar refractivity (Wildman–Crippen MR) is 94.7 cm³/mol. The summed E-state index contributed by atoms with van der Waals surface area (Å²) in [5.41, 5.74) is 0.738. The number of nitrogens with zero attached hydrogens (tertiary/aromatic N) is 1. The van der Waals surface area contributed by atoms with Crippen molar-refractivity contribution in [3.8, 4) is 11.8 Å². The summed E-state index contributed by atoms with van der Waals surface area (Å²) in [5.74, 6) is -1.64. The van der Waals surface area contributed by atoms with Crippen molar-refractivity contribution in [3.63, 3.8) is 0 Å². The Labute approximate surface area is 156 Å². The van der Waals surface area contributed by atoms with Gasteiger partial charge in [-0.2, -0.15) is 13.2 Å². The van der Waals surface area contributed by atoms with Crippen LogP contribution < -0.4 is 0 Å². The number of rotatable bonds is 2. The van der Waals surface area contributed by atoms with E-state index >= 15 is 0 Å². The minimum absolute atomic E-state index is 0.135. The molecule has 0 saturated carbocycles. The number of alkyl halides is 3. The van der Waals surface area contributed by atoms with Gasteiger partial charge in [0, 0.05) is 12.1 Å². The smallest absolute Gasteiger partial charge is 0.257 e. The zero-order chi connectivity index (χ0) is 20.5. The van der Waals surface area contributed by atoms with Crippen molar-refractivity contribution in [1.29, 1.82) is 0 Å². The van der Waals surface area contributed by atoms with E-state index in [0.717, 1.165) is 23.6 Å². The molecule has 7 heteroatoms. The largest absolute Gasteiger partial charge is 0.458 e. The van der Waals surface area contributed by atoms with Crippen molar-refractivity contribution >= 4 is 22.9 Å². The van der Waals surface area contributed by atoms with Crippen LogP contribution in [-0.4, -0.2) is 11.2 Å². The Bertz CT molecular complexity index is 1130. The first-order chi connectivity index (χ1) is 13.1. The highest BCUT2D eigenvalue weighted by molar-refractivity contribution is 5.88. The number of halogens is 6. The first-order valence-electron chi connectivity index (χ1n) is 7.96. The molecule has 0 aliphatic rings. The van der Waals surface area contributed by atoms with E-state index in [-0.39, 0.29) is 5.39 Å². The van der Waals surface area contributed by atoms with Gasteiger partial charge in [0.15, 0.2) is 5.82 Å². The van der Waals surface area contributed by atoms with Crippen molar-refractivity contribution in [1.82, 2.24) is 4.98 Å². The van der Waals surface area contributed by atoms with Crippen molar-refractivity contribution < 1.29 is 26.3 Å². The topological polar surface area (TPSA) is 12.9 Å². The third-order valence-electron chi connectivity index (χ3n) is 3.81. The van der Waals surface area contributed by atoms with E-state index in [2.05, 4.69) is 4.98 Å². The molecule has 1 nitrogen and oxygen atoms in total. The molecular weight excluding hydrogens is 380 g/mol. The van der Waals surface area contributed by atoms with Crippen LogP contribution in [0.2, 0.25) is 0 Å². The third kappa shape index (κ3) is 4.34. The zero-order valence-corrected chi connectivity index (χ0v) is 14.3. The SMILES string of the molecule is Cc1ccc(/C=C/c2cc(F)c3c(F)c(C#CC(F)(F)F)c(F)cc3c2)nc1. The van der Waals surface area contributed by atoms with E-state index < -0.39 is 34.6 Å². The molecular formula is C21H11F6N. The van der Waals surface area contributed by atoms with Crippen LogP contribution in [0.25, 0.3) is 22.9 Å². The minimum Gasteiger partial charge on any atom is -0.257 e. The van der Waals surface area contributed by atoms with E-state index in [0.29, 0.717) is 11.3 Å². The zero-order valence-electron chi connectivity index (χ0n) is 14.3. The summed E-state index contributed by atoms with van der Waals surface area (Å²) >= 11 is 0. The molecule has 0 saturated heterocycles. The van der Waals surface area contributed by atoms with Gasteiger partial charge in [-0.15, -0.1) is 0 Å². The van der Waals surface area contributed by atoms with E-state index in [1.165, 1.54) is 18.1 Å². The lowest BCUT2D eigenvalue weighted by Gasteiger charge is -2.07. The fraction of sp³-hybridized carbons (Fsp3) is 0.0952. The summed E-state index contributed by atoms with van der Waals surface area (Å²) in [6.45, 7) is 1.87. The lowest BCUT2D eigenvalue weighted by molar-refractivity contribution is -0.0696. The van der Waals surface area contributed by atoms with Gasteiger partial charge in [0.2, 0.25) is 0 Å². The van der Waals surface area contributed by atoms with Gasteiger partial charge in [-0.25, -0.2) is 13.2 Å². The average Bonchev–Trinajstić information content (AvgIpc) is 2.59. The lowest BCUT2D eigenvalue weighted by Crippen LogP contribution is -2.03. The van der Waals surface area contributed by atoms with E-state index in [1.54, 1.807) is 18.3 Å². The highest BCUT2D eigenvalue weighted by Gasteiger charge is 2.24. The number of hydrogen-bond acceptors (Lipinski definition) is 1. The van der Waals surface area contributed by atoms with Gasteiger partial charge < -0.3 is 0 Å². The summed E-state index contributed by atoms with van der Waals surface area (Å²) in [7, 11) is 0. The fourth-order valence-corrected chi connectivity index (χ4v) is 2.54. The molecule has 28 heavy (non-hydrogen) atoms. The number of benzene rings is 2. The molecule has 0 radical (unpaired) electrons. The number of hydrogen-bond donors (Lipinski definition) is 0. The predicted octanol–water partition coefficient (Wildman–Crippen LogP) is 6.04.